The van der Waals surface area contributed by atoms with Gasteiger partial charge >= 0.3 is 0 Å². The van der Waals surface area contributed by atoms with Crippen LogP contribution in [0.2, 0.25) is 0 Å². The molecule has 0 amide bonds. The van der Waals surface area contributed by atoms with E-state index in [4.69, 9.17) is 10.5 Å². The summed E-state index contributed by atoms with van der Waals surface area (Å²) in [5.41, 5.74) is 6.32. The van der Waals surface area contributed by atoms with E-state index in [2.05, 4.69) is 25.9 Å². The van der Waals surface area contributed by atoms with Crippen molar-refractivity contribution in [2.24, 2.45) is 0 Å². The minimum atomic E-state index is 0.243. The molecule has 12 heavy (non-hydrogen) atoms. The maximum Gasteiger partial charge on any atom is 0.232 e. The zero-order valence-electron chi connectivity index (χ0n) is 6.97. The average molecular weight is 232 g/mol. The van der Waals surface area contributed by atoms with Crippen LogP contribution in [0.4, 0.5) is 5.95 Å². The largest absolute Gasteiger partial charge is 0.480 e. The molecule has 1 aromatic rings. The minimum Gasteiger partial charge on any atom is -0.480 e. The lowest BCUT2D eigenvalue weighted by Gasteiger charge is -2.05. The first-order valence-electron chi connectivity index (χ1n) is 3.55. The number of nitrogens with two attached hydrogens (primary N) is 1. The van der Waals surface area contributed by atoms with Gasteiger partial charge < -0.3 is 10.5 Å². The van der Waals surface area contributed by atoms with Crippen molar-refractivity contribution in [3.63, 3.8) is 0 Å². The first-order valence-corrected chi connectivity index (χ1v) is 4.34. The molecule has 0 bridgehead atoms. The number of nitrogens with zero attached hydrogens (tertiary/aromatic N) is 2. The minimum absolute atomic E-state index is 0.243. The number of hydrogen-bond acceptors (Lipinski definition) is 4. The van der Waals surface area contributed by atoms with Crippen molar-refractivity contribution in [2.75, 3.05) is 12.8 Å². The van der Waals surface area contributed by atoms with E-state index in [9.17, 15) is 0 Å². The summed E-state index contributed by atoms with van der Waals surface area (Å²) in [5.74, 6) is 0.728. The molecule has 0 radical (unpaired) electrons. The fourth-order valence-corrected chi connectivity index (χ4v) is 1.48. The lowest BCUT2D eigenvalue weighted by Crippen LogP contribution is -2.02. The normalized spacial score (nSPS) is 9.92. The Morgan fingerprint density at radius 2 is 2.17 bits per heavy atom. The topological polar surface area (TPSA) is 61.0 Å². The molecule has 0 aromatic carbocycles. The number of nitrogen functional groups attached to an aromatic ring is 1. The SMILES string of the molecule is CCc1nc(N)nc(OC)c1Br. The molecule has 0 aliphatic rings. The molecule has 0 spiro atoms. The molecule has 0 atom stereocenters. The number of ether oxygens (including phenoxy) is 1. The zero-order valence-corrected chi connectivity index (χ0v) is 8.55. The van der Waals surface area contributed by atoms with Gasteiger partial charge in [0.15, 0.2) is 0 Å². The number of halogens is 1. The predicted molar refractivity (Wildman–Crippen MR) is 50.1 cm³/mol. The Labute approximate surface area is 79.3 Å². The number of aromatic nitrogens is 2. The number of aryl methyl sites for hydroxylation is 1. The standard InChI is InChI=1S/C7H10BrN3O/c1-3-4-5(8)6(12-2)11-7(9)10-4/h3H2,1-2H3,(H2,9,10,11). The van der Waals surface area contributed by atoms with Crippen LogP contribution in [0.3, 0.4) is 0 Å². The third-order valence-corrected chi connectivity index (χ3v) is 2.23. The molecular weight excluding hydrogens is 222 g/mol. The summed E-state index contributed by atoms with van der Waals surface area (Å²) in [4.78, 5) is 7.94. The second-order valence-electron chi connectivity index (χ2n) is 2.21. The Balaban J connectivity index is 3.22. The smallest absolute Gasteiger partial charge is 0.232 e. The molecule has 1 aromatic heterocycles. The maximum absolute atomic E-state index is 5.46. The van der Waals surface area contributed by atoms with Gasteiger partial charge in [0.2, 0.25) is 11.8 Å². The van der Waals surface area contributed by atoms with E-state index in [1.165, 1.54) is 0 Å². The van der Waals surface area contributed by atoms with Crippen molar-refractivity contribution in [3.05, 3.63) is 10.2 Å². The predicted octanol–water partition coefficient (Wildman–Crippen LogP) is 1.39. The molecular formula is C7H10BrN3O. The number of rotatable bonds is 2. The maximum atomic E-state index is 5.46. The fraction of sp³-hybridized carbons (Fsp3) is 0.429. The van der Waals surface area contributed by atoms with Gasteiger partial charge in [0, 0.05) is 0 Å². The second-order valence-corrected chi connectivity index (χ2v) is 3.00. The first-order chi connectivity index (χ1) is 5.69. The van der Waals surface area contributed by atoms with Crippen molar-refractivity contribution in [1.29, 1.82) is 0 Å². The molecule has 4 nitrogen and oxygen atoms in total. The van der Waals surface area contributed by atoms with Gasteiger partial charge in [-0.2, -0.15) is 4.98 Å². The van der Waals surface area contributed by atoms with Crippen LogP contribution in [0.25, 0.3) is 0 Å². The van der Waals surface area contributed by atoms with E-state index in [-0.39, 0.29) is 5.95 Å². The molecule has 0 saturated heterocycles. The summed E-state index contributed by atoms with van der Waals surface area (Å²) in [6, 6.07) is 0. The van der Waals surface area contributed by atoms with Crippen LogP contribution in [0, 0.1) is 0 Å². The van der Waals surface area contributed by atoms with E-state index in [0.29, 0.717) is 5.88 Å². The van der Waals surface area contributed by atoms with Crippen molar-refractivity contribution < 1.29 is 4.74 Å². The molecule has 1 heterocycles. The summed E-state index contributed by atoms with van der Waals surface area (Å²) in [6.07, 6.45) is 0.795. The molecule has 1 rings (SSSR count). The molecule has 0 aliphatic heterocycles. The fourth-order valence-electron chi connectivity index (χ4n) is 0.858. The van der Waals surface area contributed by atoms with E-state index in [1.54, 1.807) is 7.11 Å². The summed E-state index contributed by atoms with van der Waals surface area (Å²) in [6.45, 7) is 1.99. The Morgan fingerprint density at radius 1 is 1.50 bits per heavy atom. The van der Waals surface area contributed by atoms with E-state index >= 15 is 0 Å². The Hall–Kier alpha value is -0.840. The van der Waals surface area contributed by atoms with Gasteiger partial charge in [-0.1, -0.05) is 6.92 Å². The van der Waals surface area contributed by atoms with Crippen LogP contribution in [0.5, 0.6) is 5.88 Å². The first kappa shape index (κ1) is 9.25. The van der Waals surface area contributed by atoms with Gasteiger partial charge in [0.05, 0.1) is 12.8 Å². The van der Waals surface area contributed by atoms with Crippen molar-refractivity contribution >= 4 is 21.9 Å². The van der Waals surface area contributed by atoms with Crippen LogP contribution in [0.15, 0.2) is 4.47 Å². The molecule has 0 fully saturated rings. The number of hydrogen-bond donors (Lipinski definition) is 1. The van der Waals surface area contributed by atoms with E-state index < -0.39 is 0 Å². The summed E-state index contributed by atoms with van der Waals surface area (Å²) < 4.78 is 5.77. The van der Waals surface area contributed by atoms with Crippen LogP contribution in [-0.2, 0) is 6.42 Å². The Bertz CT molecular complexity index is 265. The Kier molecular flexibility index (Phi) is 2.86. The highest BCUT2D eigenvalue weighted by Gasteiger charge is 2.08. The molecule has 0 saturated carbocycles. The average Bonchev–Trinajstić information content (AvgIpc) is 2.08. The Morgan fingerprint density at radius 3 is 2.67 bits per heavy atom. The molecule has 0 aliphatic carbocycles. The van der Waals surface area contributed by atoms with Crippen molar-refractivity contribution in [2.45, 2.75) is 13.3 Å². The molecule has 2 N–H and O–H groups in total. The highest BCUT2D eigenvalue weighted by Crippen LogP contribution is 2.26. The van der Waals surface area contributed by atoms with Crippen molar-refractivity contribution in [1.82, 2.24) is 9.97 Å². The quantitative estimate of drug-likeness (QED) is 0.836. The van der Waals surface area contributed by atoms with Crippen LogP contribution < -0.4 is 10.5 Å². The lowest BCUT2D eigenvalue weighted by molar-refractivity contribution is 0.394. The van der Waals surface area contributed by atoms with E-state index in [0.717, 1.165) is 16.6 Å². The summed E-state index contributed by atoms with van der Waals surface area (Å²) in [7, 11) is 1.55. The lowest BCUT2D eigenvalue weighted by atomic mass is 10.3. The van der Waals surface area contributed by atoms with E-state index in [1.807, 2.05) is 6.92 Å². The van der Waals surface area contributed by atoms with Gasteiger partial charge in [-0.3, -0.25) is 0 Å². The van der Waals surface area contributed by atoms with Gasteiger partial charge in [0.25, 0.3) is 0 Å². The zero-order chi connectivity index (χ0) is 9.14. The van der Waals surface area contributed by atoms with Crippen molar-refractivity contribution in [3.8, 4) is 5.88 Å². The van der Waals surface area contributed by atoms with Gasteiger partial charge in [-0.25, -0.2) is 4.98 Å². The third kappa shape index (κ3) is 1.66. The molecule has 0 unspecified atom stereocenters. The molecule has 66 valence electrons. The van der Waals surface area contributed by atoms with Gasteiger partial charge in [-0.05, 0) is 22.4 Å². The number of methoxy groups -OCH3 is 1. The number of anilines is 1. The van der Waals surface area contributed by atoms with Crippen LogP contribution >= 0.6 is 15.9 Å². The summed E-state index contributed by atoms with van der Waals surface area (Å²) >= 11 is 3.33. The van der Waals surface area contributed by atoms with Gasteiger partial charge in [-0.15, -0.1) is 0 Å². The monoisotopic (exact) mass is 231 g/mol. The van der Waals surface area contributed by atoms with Gasteiger partial charge in [0.1, 0.15) is 4.47 Å². The second kappa shape index (κ2) is 3.71. The third-order valence-electron chi connectivity index (χ3n) is 1.43. The highest BCUT2D eigenvalue weighted by atomic mass is 79.9. The van der Waals surface area contributed by atoms with Crippen LogP contribution in [0.1, 0.15) is 12.6 Å². The van der Waals surface area contributed by atoms with Crippen LogP contribution in [-0.4, -0.2) is 17.1 Å². The summed E-state index contributed by atoms with van der Waals surface area (Å²) in [5, 5.41) is 0. The highest BCUT2D eigenvalue weighted by molar-refractivity contribution is 9.10. The molecule has 5 heteroatoms.